The predicted molar refractivity (Wildman–Crippen MR) is 95.4 cm³/mol. The number of benzene rings is 2. The summed E-state index contributed by atoms with van der Waals surface area (Å²) < 4.78 is 10.3. The maximum atomic E-state index is 11.8. The number of carbonyl (C=O) groups excluding carboxylic acids is 2. The van der Waals surface area contributed by atoms with Gasteiger partial charge in [0, 0.05) is 22.3 Å². The fraction of sp³-hybridized carbons (Fsp3) is 0.118. The van der Waals surface area contributed by atoms with Crippen molar-refractivity contribution >= 4 is 35.3 Å². The molecule has 2 rings (SSSR count). The van der Waals surface area contributed by atoms with Gasteiger partial charge < -0.3 is 14.8 Å². The van der Waals surface area contributed by atoms with Crippen molar-refractivity contribution in [2.24, 2.45) is 5.10 Å². The van der Waals surface area contributed by atoms with Gasteiger partial charge in [-0.1, -0.05) is 17.7 Å². The van der Waals surface area contributed by atoms with Crippen LogP contribution in [-0.4, -0.2) is 32.2 Å². The zero-order chi connectivity index (χ0) is 18.2. The number of halogens is 1. The van der Waals surface area contributed by atoms with Crippen LogP contribution in [-0.2, 0) is 9.59 Å². The Morgan fingerprint density at radius 3 is 2.56 bits per heavy atom. The van der Waals surface area contributed by atoms with Crippen LogP contribution in [0.1, 0.15) is 5.56 Å². The van der Waals surface area contributed by atoms with Gasteiger partial charge in [-0.3, -0.25) is 9.59 Å². The van der Waals surface area contributed by atoms with Crippen molar-refractivity contribution in [1.29, 1.82) is 0 Å². The van der Waals surface area contributed by atoms with Gasteiger partial charge in [-0.05, 0) is 30.3 Å². The number of nitrogens with zero attached hydrogens (tertiary/aromatic N) is 1. The van der Waals surface area contributed by atoms with Crippen LogP contribution in [0.4, 0.5) is 5.69 Å². The van der Waals surface area contributed by atoms with Gasteiger partial charge >= 0.3 is 11.8 Å². The summed E-state index contributed by atoms with van der Waals surface area (Å²) in [5.74, 6) is -0.635. The molecule has 0 radical (unpaired) electrons. The van der Waals surface area contributed by atoms with E-state index in [4.69, 9.17) is 21.1 Å². The summed E-state index contributed by atoms with van der Waals surface area (Å²) in [6, 6.07) is 11.6. The molecular weight excluding hydrogens is 346 g/mol. The van der Waals surface area contributed by atoms with Crippen molar-refractivity contribution < 1.29 is 19.1 Å². The van der Waals surface area contributed by atoms with Gasteiger partial charge in [-0.25, -0.2) is 5.43 Å². The molecule has 0 aliphatic heterocycles. The molecule has 2 aromatic carbocycles. The first-order chi connectivity index (χ1) is 12.0. The summed E-state index contributed by atoms with van der Waals surface area (Å²) in [5.41, 5.74) is 3.17. The van der Waals surface area contributed by atoms with Crippen LogP contribution in [0.15, 0.2) is 47.6 Å². The van der Waals surface area contributed by atoms with Gasteiger partial charge in [0.25, 0.3) is 0 Å². The first kappa shape index (κ1) is 18.3. The highest BCUT2D eigenvalue weighted by Crippen LogP contribution is 2.23. The average Bonchev–Trinajstić information content (AvgIpc) is 2.61. The minimum Gasteiger partial charge on any atom is -0.497 e. The van der Waals surface area contributed by atoms with Crippen LogP contribution in [0.25, 0.3) is 0 Å². The third-order valence-electron chi connectivity index (χ3n) is 3.10. The molecule has 0 fully saturated rings. The summed E-state index contributed by atoms with van der Waals surface area (Å²) in [4.78, 5) is 23.5. The molecule has 0 aliphatic rings. The van der Waals surface area contributed by atoms with Crippen LogP contribution < -0.4 is 20.2 Å². The first-order valence-corrected chi connectivity index (χ1v) is 7.53. The predicted octanol–water partition coefficient (Wildman–Crippen LogP) is 2.45. The van der Waals surface area contributed by atoms with Crippen molar-refractivity contribution in [2.45, 2.75) is 0 Å². The molecule has 2 aromatic rings. The van der Waals surface area contributed by atoms with Crippen molar-refractivity contribution in [3.63, 3.8) is 0 Å². The smallest absolute Gasteiger partial charge is 0.329 e. The van der Waals surface area contributed by atoms with Crippen molar-refractivity contribution in [3.05, 3.63) is 53.1 Å². The summed E-state index contributed by atoms with van der Waals surface area (Å²) in [7, 11) is 3.05. The summed E-state index contributed by atoms with van der Waals surface area (Å²) in [6.45, 7) is 0. The third-order valence-corrected chi connectivity index (χ3v) is 3.33. The molecule has 0 saturated heterocycles. The maximum absolute atomic E-state index is 11.8. The molecule has 8 heteroatoms. The molecule has 25 heavy (non-hydrogen) atoms. The molecule has 2 N–H and O–H groups in total. The minimum absolute atomic E-state index is 0.411. The minimum atomic E-state index is -0.913. The second-order valence-corrected chi connectivity index (χ2v) is 5.21. The monoisotopic (exact) mass is 361 g/mol. The zero-order valence-electron chi connectivity index (χ0n) is 13.6. The fourth-order valence-electron chi connectivity index (χ4n) is 1.89. The molecule has 0 atom stereocenters. The lowest BCUT2D eigenvalue weighted by Gasteiger charge is -2.07. The number of ether oxygens (including phenoxy) is 2. The van der Waals surface area contributed by atoms with Crippen molar-refractivity contribution in [1.82, 2.24) is 5.43 Å². The standard InChI is InChI=1S/C17H16ClN3O4/c1-24-14-7-6-11(15(9-14)25-2)10-19-21-17(23)16(22)20-13-5-3-4-12(18)8-13/h3-10H,1-2H3,(H,20,22)(H,21,23). The van der Waals surface area contributed by atoms with E-state index in [1.165, 1.54) is 19.4 Å². The quantitative estimate of drug-likeness (QED) is 0.486. The molecule has 0 aliphatic carbocycles. The van der Waals surface area contributed by atoms with Gasteiger partial charge in [0.1, 0.15) is 11.5 Å². The summed E-state index contributed by atoms with van der Waals surface area (Å²) >= 11 is 5.81. The molecule has 0 aromatic heterocycles. The molecular formula is C17H16ClN3O4. The maximum Gasteiger partial charge on any atom is 0.329 e. The van der Waals surface area contributed by atoms with E-state index in [0.717, 1.165) is 0 Å². The molecule has 0 heterocycles. The third kappa shape index (κ3) is 5.22. The SMILES string of the molecule is COc1ccc(C=NNC(=O)C(=O)Nc2cccc(Cl)c2)c(OC)c1. The van der Waals surface area contributed by atoms with Crippen molar-refractivity contribution in [2.75, 3.05) is 19.5 Å². The lowest BCUT2D eigenvalue weighted by atomic mass is 10.2. The van der Waals surface area contributed by atoms with Crippen LogP contribution in [0, 0.1) is 0 Å². The summed E-state index contributed by atoms with van der Waals surface area (Å²) in [6.07, 6.45) is 1.36. The number of hydrogen-bond acceptors (Lipinski definition) is 5. The number of rotatable bonds is 5. The number of methoxy groups -OCH3 is 2. The van der Waals surface area contributed by atoms with Crippen LogP contribution in [0.2, 0.25) is 5.02 Å². The van der Waals surface area contributed by atoms with E-state index in [9.17, 15) is 9.59 Å². The molecule has 2 amide bonds. The second kappa shape index (κ2) is 8.70. The number of nitrogens with one attached hydrogen (secondary N) is 2. The Balaban J connectivity index is 1.97. The van der Waals surface area contributed by atoms with Crippen molar-refractivity contribution in [3.8, 4) is 11.5 Å². The molecule has 130 valence electrons. The number of anilines is 1. The highest BCUT2D eigenvalue weighted by Gasteiger charge is 2.13. The van der Waals surface area contributed by atoms with E-state index in [0.29, 0.717) is 27.8 Å². The molecule has 0 bridgehead atoms. The Hall–Kier alpha value is -3.06. The van der Waals surface area contributed by atoms with Gasteiger partial charge in [0.2, 0.25) is 0 Å². The van der Waals surface area contributed by atoms with E-state index in [1.54, 1.807) is 43.5 Å². The summed E-state index contributed by atoms with van der Waals surface area (Å²) in [5, 5.41) is 6.62. The Bertz CT molecular complexity index is 808. The lowest BCUT2D eigenvalue weighted by molar-refractivity contribution is -0.136. The van der Waals surface area contributed by atoms with Gasteiger partial charge in [-0.15, -0.1) is 0 Å². The van der Waals surface area contributed by atoms with E-state index in [1.807, 2.05) is 0 Å². The Labute approximate surface area is 149 Å². The molecule has 0 unspecified atom stereocenters. The van der Waals surface area contributed by atoms with E-state index < -0.39 is 11.8 Å². The van der Waals surface area contributed by atoms with E-state index in [-0.39, 0.29) is 0 Å². The van der Waals surface area contributed by atoms with E-state index >= 15 is 0 Å². The highest BCUT2D eigenvalue weighted by molar-refractivity contribution is 6.39. The Kier molecular flexibility index (Phi) is 6.36. The topological polar surface area (TPSA) is 89.0 Å². The van der Waals surface area contributed by atoms with Gasteiger partial charge in [0.15, 0.2) is 0 Å². The van der Waals surface area contributed by atoms with E-state index in [2.05, 4.69) is 15.8 Å². The zero-order valence-corrected chi connectivity index (χ0v) is 14.3. The number of carbonyl (C=O) groups is 2. The molecule has 0 spiro atoms. The van der Waals surface area contributed by atoms with Crippen LogP contribution in [0.3, 0.4) is 0 Å². The second-order valence-electron chi connectivity index (χ2n) is 4.77. The normalized spacial score (nSPS) is 10.4. The highest BCUT2D eigenvalue weighted by atomic mass is 35.5. The lowest BCUT2D eigenvalue weighted by Crippen LogP contribution is -2.32. The first-order valence-electron chi connectivity index (χ1n) is 7.15. The number of hydrazone groups is 1. The Morgan fingerprint density at radius 1 is 1.08 bits per heavy atom. The Morgan fingerprint density at radius 2 is 1.88 bits per heavy atom. The van der Waals surface area contributed by atoms with Crippen LogP contribution >= 0.6 is 11.6 Å². The number of hydrogen-bond donors (Lipinski definition) is 2. The van der Waals surface area contributed by atoms with Gasteiger partial charge in [-0.2, -0.15) is 5.10 Å². The number of amides is 2. The largest absolute Gasteiger partial charge is 0.497 e. The average molecular weight is 362 g/mol. The molecule has 0 saturated carbocycles. The molecule has 7 nitrogen and oxygen atoms in total. The van der Waals surface area contributed by atoms with Gasteiger partial charge in [0.05, 0.1) is 20.4 Å². The fourth-order valence-corrected chi connectivity index (χ4v) is 2.08. The van der Waals surface area contributed by atoms with Crippen LogP contribution in [0.5, 0.6) is 11.5 Å².